The Morgan fingerprint density at radius 1 is 0.889 bits per heavy atom. The smallest absolute Gasteiger partial charge is 0.254 e. The quantitative estimate of drug-likeness (QED) is 0.484. The second-order valence-corrected chi connectivity index (χ2v) is 9.05. The zero-order valence-corrected chi connectivity index (χ0v) is 20.7. The van der Waals surface area contributed by atoms with E-state index in [-0.39, 0.29) is 23.9 Å². The Kier molecular flexibility index (Phi) is 8.22. The number of rotatable bonds is 8. The molecule has 1 fully saturated rings. The molecule has 1 saturated heterocycles. The molecular formula is C27H31FN6O2. The fraction of sp³-hybridized carbons (Fsp3) is 0.333. The summed E-state index contributed by atoms with van der Waals surface area (Å²) in [7, 11) is 3.81. The number of halogens is 1. The van der Waals surface area contributed by atoms with E-state index in [2.05, 4.69) is 15.1 Å². The molecule has 2 heterocycles. The third-order valence-corrected chi connectivity index (χ3v) is 6.18. The zero-order valence-electron chi connectivity index (χ0n) is 20.7. The van der Waals surface area contributed by atoms with Crippen LogP contribution in [0.1, 0.15) is 10.4 Å². The molecule has 0 aliphatic carbocycles. The molecular weight excluding hydrogens is 459 g/mol. The summed E-state index contributed by atoms with van der Waals surface area (Å²) < 4.78 is 13.7. The van der Waals surface area contributed by atoms with Gasteiger partial charge >= 0.3 is 0 Å². The van der Waals surface area contributed by atoms with Crippen LogP contribution < -0.4 is 4.90 Å². The maximum atomic E-state index is 13.7. The lowest BCUT2D eigenvalue weighted by Crippen LogP contribution is -2.52. The van der Waals surface area contributed by atoms with Gasteiger partial charge in [-0.1, -0.05) is 36.4 Å². The van der Waals surface area contributed by atoms with Gasteiger partial charge in [-0.15, -0.1) is 10.2 Å². The van der Waals surface area contributed by atoms with E-state index in [1.54, 1.807) is 11.0 Å². The molecule has 4 rings (SSSR count). The van der Waals surface area contributed by atoms with E-state index in [9.17, 15) is 14.0 Å². The molecule has 0 N–H and O–H groups in total. The summed E-state index contributed by atoms with van der Waals surface area (Å²) in [5, 5.41) is 8.75. The molecule has 1 aromatic heterocycles. The van der Waals surface area contributed by atoms with E-state index < -0.39 is 5.82 Å². The molecule has 3 aromatic rings. The van der Waals surface area contributed by atoms with Gasteiger partial charge in [0.05, 0.1) is 5.69 Å². The Hall–Kier alpha value is -3.85. The van der Waals surface area contributed by atoms with E-state index in [1.165, 1.54) is 23.1 Å². The number of hydrogen-bond donors (Lipinski definition) is 0. The molecule has 1 aliphatic heterocycles. The number of likely N-dealkylation sites (N-methyl/N-ethyl adjacent to an activating group) is 1. The Labute approximate surface area is 210 Å². The van der Waals surface area contributed by atoms with Crippen molar-refractivity contribution < 1.29 is 14.0 Å². The summed E-state index contributed by atoms with van der Waals surface area (Å²) >= 11 is 0. The van der Waals surface area contributed by atoms with Crippen LogP contribution in [0.15, 0.2) is 66.7 Å². The monoisotopic (exact) mass is 490 g/mol. The molecule has 2 aromatic carbocycles. The van der Waals surface area contributed by atoms with Crippen molar-refractivity contribution in [3.8, 4) is 11.3 Å². The molecule has 0 spiro atoms. The molecule has 0 radical (unpaired) electrons. The molecule has 1 aliphatic rings. The number of aromatic nitrogens is 2. The molecule has 36 heavy (non-hydrogen) atoms. The SMILES string of the molecule is CN(C)CCN(CC(=O)N1CCN(c2ccc(-c3ccccc3)nn2)CC1)C(=O)c1cccc(F)c1. The van der Waals surface area contributed by atoms with Crippen molar-refractivity contribution in [1.82, 2.24) is 24.9 Å². The summed E-state index contributed by atoms with van der Waals surface area (Å²) in [6.45, 7) is 3.22. The van der Waals surface area contributed by atoms with Crippen LogP contribution in [0.3, 0.4) is 0 Å². The van der Waals surface area contributed by atoms with Crippen LogP contribution in [-0.2, 0) is 4.79 Å². The summed E-state index contributed by atoms with van der Waals surface area (Å²) in [6, 6.07) is 19.4. The molecule has 0 saturated carbocycles. The minimum atomic E-state index is -0.476. The second-order valence-electron chi connectivity index (χ2n) is 9.05. The first-order valence-electron chi connectivity index (χ1n) is 12.0. The van der Waals surface area contributed by atoms with Gasteiger partial charge in [0.1, 0.15) is 12.4 Å². The van der Waals surface area contributed by atoms with Crippen molar-refractivity contribution in [1.29, 1.82) is 0 Å². The number of carbonyl (C=O) groups excluding carboxylic acids is 2. The van der Waals surface area contributed by atoms with Crippen LogP contribution in [0.2, 0.25) is 0 Å². The van der Waals surface area contributed by atoms with Crippen molar-refractivity contribution in [2.24, 2.45) is 0 Å². The lowest BCUT2D eigenvalue weighted by molar-refractivity contribution is -0.132. The molecule has 0 atom stereocenters. The van der Waals surface area contributed by atoms with E-state index >= 15 is 0 Å². The number of anilines is 1. The minimum Gasteiger partial charge on any atom is -0.352 e. The van der Waals surface area contributed by atoms with Gasteiger partial charge in [0.2, 0.25) is 5.91 Å². The van der Waals surface area contributed by atoms with Crippen molar-refractivity contribution in [3.05, 3.63) is 78.1 Å². The van der Waals surface area contributed by atoms with Gasteiger partial charge in [-0.05, 0) is 44.4 Å². The fourth-order valence-electron chi connectivity index (χ4n) is 4.08. The highest BCUT2D eigenvalue weighted by Gasteiger charge is 2.26. The van der Waals surface area contributed by atoms with E-state index in [0.29, 0.717) is 39.3 Å². The van der Waals surface area contributed by atoms with Crippen molar-refractivity contribution >= 4 is 17.6 Å². The van der Waals surface area contributed by atoms with Gasteiger partial charge in [-0.3, -0.25) is 9.59 Å². The molecule has 8 nitrogen and oxygen atoms in total. The maximum absolute atomic E-state index is 13.7. The Balaban J connectivity index is 1.35. The molecule has 9 heteroatoms. The molecule has 0 bridgehead atoms. The summed E-state index contributed by atoms with van der Waals surface area (Å²) in [5.74, 6) is -0.174. The summed E-state index contributed by atoms with van der Waals surface area (Å²) in [5.41, 5.74) is 2.07. The lowest BCUT2D eigenvalue weighted by atomic mass is 10.1. The number of carbonyl (C=O) groups is 2. The highest BCUT2D eigenvalue weighted by Crippen LogP contribution is 2.19. The Bertz CT molecular complexity index is 1160. The van der Waals surface area contributed by atoms with E-state index in [1.807, 2.05) is 61.5 Å². The van der Waals surface area contributed by atoms with Crippen LogP contribution in [0, 0.1) is 5.82 Å². The van der Waals surface area contributed by atoms with Crippen molar-refractivity contribution in [2.75, 3.05) is 64.8 Å². The average Bonchev–Trinajstić information content (AvgIpc) is 2.91. The zero-order chi connectivity index (χ0) is 25.5. The van der Waals surface area contributed by atoms with Gasteiger partial charge in [0.15, 0.2) is 5.82 Å². The largest absolute Gasteiger partial charge is 0.352 e. The van der Waals surface area contributed by atoms with Gasteiger partial charge in [0.25, 0.3) is 5.91 Å². The lowest BCUT2D eigenvalue weighted by Gasteiger charge is -2.36. The molecule has 0 unspecified atom stereocenters. The predicted molar refractivity (Wildman–Crippen MR) is 137 cm³/mol. The van der Waals surface area contributed by atoms with Crippen LogP contribution >= 0.6 is 0 Å². The fourth-order valence-corrected chi connectivity index (χ4v) is 4.08. The van der Waals surface area contributed by atoms with Gasteiger partial charge in [-0.2, -0.15) is 0 Å². The number of hydrogen-bond acceptors (Lipinski definition) is 6. The normalized spacial score (nSPS) is 13.7. The molecule has 2 amide bonds. The first-order chi connectivity index (χ1) is 17.4. The van der Waals surface area contributed by atoms with Gasteiger partial charge in [-0.25, -0.2) is 4.39 Å². The Morgan fingerprint density at radius 3 is 2.28 bits per heavy atom. The second kappa shape index (κ2) is 11.7. The van der Waals surface area contributed by atoms with Crippen LogP contribution in [0.4, 0.5) is 10.2 Å². The van der Waals surface area contributed by atoms with Crippen LogP contribution in [0.25, 0.3) is 11.3 Å². The highest BCUT2D eigenvalue weighted by atomic mass is 19.1. The van der Waals surface area contributed by atoms with E-state index in [4.69, 9.17) is 0 Å². The van der Waals surface area contributed by atoms with Gasteiger partial charge in [0, 0.05) is 50.4 Å². The van der Waals surface area contributed by atoms with Crippen molar-refractivity contribution in [3.63, 3.8) is 0 Å². The van der Waals surface area contributed by atoms with Gasteiger partial charge < -0.3 is 19.6 Å². The number of piperazine rings is 1. The highest BCUT2D eigenvalue weighted by molar-refractivity contribution is 5.96. The average molecular weight is 491 g/mol. The van der Waals surface area contributed by atoms with Crippen molar-refractivity contribution in [2.45, 2.75) is 0 Å². The number of amides is 2. The third-order valence-electron chi connectivity index (χ3n) is 6.18. The standard InChI is InChI=1S/C27H31FN6O2/c1-31(2)13-14-34(27(36)22-9-6-10-23(28)19-22)20-26(35)33-17-15-32(16-18-33)25-12-11-24(29-30-25)21-7-4-3-5-8-21/h3-12,19H,13-18,20H2,1-2H3. The maximum Gasteiger partial charge on any atom is 0.254 e. The first-order valence-corrected chi connectivity index (χ1v) is 12.0. The minimum absolute atomic E-state index is 0.0469. The van der Waals surface area contributed by atoms with Crippen LogP contribution in [0.5, 0.6) is 0 Å². The molecule has 188 valence electrons. The number of nitrogens with zero attached hydrogens (tertiary/aromatic N) is 6. The Morgan fingerprint density at radius 2 is 1.64 bits per heavy atom. The summed E-state index contributed by atoms with van der Waals surface area (Å²) in [6.07, 6.45) is 0. The third kappa shape index (κ3) is 6.42. The van der Waals surface area contributed by atoms with Crippen LogP contribution in [-0.4, -0.2) is 96.6 Å². The topological polar surface area (TPSA) is 72.9 Å². The predicted octanol–water partition coefficient (Wildman–Crippen LogP) is 2.64. The summed E-state index contributed by atoms with van der Waals surface area (Å²) in [4.78, 5) is 33.5. The van der Waals surface area contributed by atoms with E-state index in [0.717, 1.165) is 17.1 Å². The number of benzene rings is 2. The first kappa shape index (κ1) is 25.2.